The van der Waals surface area contributed by atoms with Gasteiger partial charge >= 0.3 is 0 Å². The lowest BCUT2D eigenvalue weighted by molar-refractivity contribution is 0.102. The summed E-state index contributed by atoms with van der Waals surface area (Å²) in [7, 11) is -3.69. The minimum Gasteiger partial charge on any atom is -0.485 e. The molecule has 150 valence electrons. The van der Waals surface area contributed by atoms with E-state index in [0.29, 0.717) is 17.6 Å². The number of aryl methyl sites for hydroxylation is 1. The summed E-state index contributed by atoms with van der Waals surface area (Å²) in [4.78, 5) is 0.114. The quantitative estimate of drug-likeness (QED) is 0.743. The van der Waals surface area contributed by atoms with Crippen LogP contribution in [0.15, 0.2) is 47.4 Å². The van der Waals surface area contributed by atoms with Gasteiger partial charge in [-0.15, -0.1) is 0 Å². The van der Waals surface area contributed by atoms with E-state index >= 15 is 0 Å². The molecule has 2 aliphatic carbocycles. The number of primary sulfonamides is 1. The van der Waals surface area contributed by atoms with Crippen LogP contribution in [0.1, 0.15) is 61.3 Å². The average Bonchev–Trinajstić information content (AvgIpc) is 2.84. The second kappa shape index (κ2) is 7.88. The van der Waals surface area contributed by atoms with Crippen molar-refractivity contribution in [2.75, 3.05) is 0 Å². The fraction of sp³-hybridized carbons (Fsp3) is 0.478. The van der Waals surface area contributed by atoms with Crippen molar-refractivity contribution in [2.24, 2.45) is 17.0 Å². The van der Waals surface area contributed by atoms with Gasteiger partial charge in [0.1, 0.15) is 11.9 Å². The minimum absolute atomic E-state index is 0.0262. The molecule has 4 rings (SSSR count). The lowest BCUT2D eigenvalue weighted by Gasteiger charge is -2.29. The number of benzene rings is 2. The summed E-state index contributed by atoms with van der Waals surface area (Å²) in [5.41, 5.74) is 4.07. The Balaban J connectivity index is 1.64. The van der Waals surface area contributed by atoms with Gasteiger partial charge in [0, 0.05) is 5.92 Å². The first-order valence-electron chi connectivity index (χ1n) is 10.3. The van der Waals surface area contributed by atoms with Gasteiger partial charge in [-0.3, -0.25) is 0 Å². The molecule has 2 N–H and O–H groups in total. The average molecular weight is 400 g/mol. The van der Waals surface area contributed by atoms with E-state index in [1.165, 1.54) is 67.3 Å². The fourth-order valence-corrected chi connectivity index (χ4v) is 5.52. The van der Waals surface area contributed by atoms with E-state index in [-0.39, 0.29) is 11.0 Å². The Kier molecular flexibility index (Phi) is 5.48. The van der Waals surface area contributed by atoms with Crippen molar-refractivity contribution >= 4 is 10.0 Å². The number of fused-ring (bicyclic) bond motifs is 1. The maximum atomic E-state index is 11.5. The first-order valence-corrected chi connectivity index (χ1v) is 11.9. The molecule has 2 aliphatic rings. The number of sulfonamides is 1. The number of rotatable bonds is 4. The maximum Gasteiger partial charge on any atom is 0.238 e. The number of nitrogens with two attached hydrogens (primary N) is 1. The van der Waals surface area contributed by atoms with Gasteiger partial charge in [0.15, 0.2) is 0 Å². The van der Waals surface area contributed by atoms with Gasteiger partial charge in [-0.05, 0) is 60.2 Å². The van der Waals surface area contributed by atoms with Crippen molar-refractivity contribution in [1.82, 2.24) is 0 Å². The lowest BCUT2D eigenvalue weighted by atomic mass is 9.82. The van der Waals surface area contributed by atoms with Gasteiger partial charge in [-0.2, -0.15) is 0 Å². The Labute approximate surface area is 168 Å². The second-order valence-corrected chi connectivity index (χ2v) is 9.88. The molecule has 0 bridgehead atoms. The first-order chi connectivity index (χ1) is 13.4. The van der Waals surface area contributed by atoms with Gasteiger partial charge < -0.3 is 4.74 Å². The van der Waals surface area contributed by atoms with Crippen LogP contribution in [0.4, 0.5) is 0 Å². The molecule has 4 nitrogen and oxygen atoms in total. The number of hydrogen-bond donors (Lipinski definition) is 1. The van der Waals surface area contributed by atoms with E-state index in [9.17, 15) is 8.42 Å². The van der Waals surface area contributed by atoms with Crippen LogP contribution >= 0.6 is 0 Å². The third kappa shape index (κ3) is 3.96. The first kappa shape index (κ1) is 19.5. The van der Waals surface area contributed by atoms with Gasteiger partial charge in [0.25, 0.3) is 0 Å². The molecule has 2 aromatic rings. The van der Waals surface area contributed by atoms with Crippen molar-refractivity contribution in [1.29, 1.82) is 0 Å². The highest BCUT2D eigenvalue weighted by atomic mass is 32.2. The van der Waals surface area contributed by atoms with Gasteiger partial charge in [-0.1, -0.05) is 56.7 Å². The minimum atomic E-state index is -3.69. The number of ether oxygens (including phenoxy) is 1. The fourth-order valence-electron chi connectivity index (χ4n) is 5.00. The van der Waals surface area contributed by atoms with E-state index in [2.05, 4.69) is 25.1 Å². The zero-order chi connectivity index (χ0) is 19.7. The summed E-state index contributed by atoms with van der Waals surface area (Å²) in [5, 5.41) is 5.22. The van der Waals surface area contributed by atoms with Gasteiger partial charge in [0.05, 0.1) is 4.90 Å². The summed E-state index contributed by atoms with van der Waals surface area (Å²) in [5.74, 6) is 1.86. The van der Waals surface area contributed by atoms with Crippen molar-refractivity contribution in [3.8, 4) is 5.75 Å². The Morgan fingerprint density at radius 1 is 0.964 bits per heavy atom. The van der Waals surface area contributed by atoms with Crippen LogP contribution in [0.2, 0.25) is 0 Å². The molecule has 0 amide bonds. The smallest absolute Gasteiger partial charge is 0.238 e. The predicted molar refractivity (Wildman–Crippen MR) is 111 cm³/mol. The zero-order valence-electron chi connectivity index (χ0n) is 16.4. The Bertz CT molecular complexity index is 929. The summed E-state index contributed by atoms with van der Waals surface area (Å²) in [6.45, 7) is 2.19. The molecule has 0 radical (unpaired) electrons. The zero-order valence-corrected chi connectivity index (χ0v) is 17.3. The highest BCUT2D eigenvalue weighted by Crippen LogP contribution is 2.47. The summed E-state index contributed by atoms with van der Waals surface area (Å²) in [6.07, 6.45) is 8.97. The van der Waals surface area contributed by atoms with Crippen molar-refractivity contribution in [3.63, 3.8) is 0 Å². The van der Waals surface area contributed by atoms with E-state index in [0.717, 1.165) is 6.42 Å². The highest BCUT2D eigenvalue weighted by molar-refractivity contribution is 7.89. The molecule has 0 aromatic heterocycles. The molecule has 2 atom stereocenters. The molecule has 0 spiro atoms. The van der Waals surface area contributed by atoms with Crippen LogP contribution in [0.25, 0.3) is 0 Å². The van der Waals surface area contributed by atoms with Crippen molar-refractivity contribution in [2.45, 2.75) is 62.9 Å². The molecule has 0 unspecified atom stereocenters. The Hall–Kier alpha value is -1.85. The molecule has 28 heavy (non-hydrogen) atoms. The van der Waals surface area contributed by atoms with Crippen LogP contribution < -0.4 is 9.88 Å². The lowest BCUT2D eigenvalue weighted by Crippen LogP contribution is -2.23. The summed E-state index contributed by atoms with van der Waals surface area (Å²) in [6, 6.07) is 13.0. The van der Waals surface area contributed by atoms with Crippen LogP contribution in [0, 0.1) is 18.8 Å². The maximum absolute atomic E-state index is 11.5. The summed E-state index contributed by atoms with van der Waals surface area (Å²) < 4.78 is 29.5. The standard InChI is InChI=1S/C23H29NO3S/c1-16-7-6-10-20-21(16)15-22(17-8-4-2-3-5-9-17)23(20)27-18-11-13-19(14-12-18)28(24,25)26/h6-7,10-14,17,22-23H,2-5,8-9,15H2,1H3,(H2,24,25,26)/t22-,23+/m1/s1. The van der Waals surface area contributed by atoms with Crippen LogP contribution in [-0.2, 0) is 16.4 Å². The largest absolute Gasteiger partial charge is 0.485 e. The molecule has 0 heterocycles. The van der Waals surface area contributed by atoms with Crippen molar-refractivity contribution in [3.05, 3.63) is 59.2 Å². The van der Waals surface area contributed by atoms with Crippen molar-refractivity contribution < 1.29 is 13.2 Å². The van der Waals surface area contributed by atoms with E-state index < -0.39 is 10.0 Å². The molecule has 0 aliphatic heterocycles. The normalized spacial score (nSPS) is 23.2. The second-order valence-electron chi connectivity index (χ2n) is 8.32. The summed E-state index contributed by atoms with van der Waals surface area (Å²) >= 11 is 0. The molecular weight excluding hydrogens is 370 g/mol. The molecule has 5 heteroatoms. The third-order valence-electron chi connectivity index (χ3n) is 6.50. The van der Waals surface area contributed by atoms with Gasteiger partial charge in [-0.25, -0.2) is 13.6 Å². The Morgan fingerprint density at radius 3 is 2.29 bits per heavy atom. The third-order valence-corrected chi connectivity index (χ3v) is 7.43. The van der Waals surface area contributed by atoms with Crippen LogP contribution in [-0.4, -0.2) is 8.42 Å². The molecule has 1 saturated carbocycles. The molecular formula is C23H29NO3S. The van der Waals surface area contributed by atoms with Crippen LogP contribution in [0.3, 0.4) is 0 Å². The van der Waals surface area contributed by atoms with Gasteiger partial charge in [0.2, 0.25) is 10.0 Å². The number of hydrogen-bond acceptors (Lipinski definition) is 3. The topological polar surface area (TPSA) is 69.4 Å². The molecule has 0 saturated heterocycles. The predicted octanol–water partition coefficient (Wildman–Crippen LogP) is 4.91. The SMILES string of the molecule is Cc1cccc2c1C[C@H](C1CCCCCC1)[C@H]2Oc1ccc(S(N)(=O)=O)cc1. The Morgan fingerprint density at radius 2 is 1.64 bits per heavy atom. The molecule has 1 fully saturated rings. The van der Waals surface area contributed by atoms with E-state index in [1.54, 1.807) is 12.1 Å². The monoisotopic (exact) mass is 399 g/mol. The van der Waals surface area contributed by atoms with E-state index in [1.807, 2.05) is 0 Å². The highest BCUT2D eigenvalue weighted by Gasteiger charge is 2.39. The van der Waals surface area contributed by atoms with Crippen LogP contribution in [0.5, 0.6) is 5.75 Å². The molecule has 2 aromatic carbocycles. The van der Waals surface area contributed by atoms with E-state index in [4.69, 9.17) is 9.88 Å².